The van der Waals surface area contributed by atoms with Gasteiger partial charge in [0.1, 0.15) is 0 Å². The molecular weight excluding hydrogens is 286 g/mol. The van der Waals surface area contributed by atoms with E-state index in [1.165, 1.54) is 14.0 Å². The molecule has 92 valence electrons. The van der Waals surface area contributed by atoms with E-state index in [0.717, 1.165) is 10.0 Å². The van der Waals surface area contributed by atoms with E-state index in [9.17, 15) is 9.59 Å². The van der Waals surface area contributed by atoms with Gasteiger partial charge in [-0.25, -0.2) is 0 Å². The van der Waals surface area contributed by atoms with Crippen molar-refractivity contribution in [3.05, 3.63) is 34.3 Å². The predicted molar refractivity (Wildman–Crippen MR) is 67.3 cm³/mol. The number of ether oxygens (including phenoxy) is 1. The van der Waals surface area contributed by atoms with Gasteiger partial charge in [-0.2, -0.15) is 0 Å². The normalized spacial score (nSPS) is 11.7. The fraction of sp³-hybridized carbons (Fsp3) is 0.333. The molecule has 4 nitrogen and oxygen atoms in total. The van der Waals surface area contributed by atoms with Crippen molar-refractivity contribution in [3.8, 4) is 0 Å². The number of rotatable bonds is 4. The molecule has 1 unspecified atom stereocenters. The Labute approximate surface area is 108 Å². The average molecular weight is 300 g/mol. The third kappa shape index (κ3) is 4.56. The maximum atomic E-state index is 11.3. The molecule has 1 atom stereocenters. The van der Waals surface area contributed by atoms with Crippen LogP contribution in [0.25, 0.3) is 0 Å². The van der Waals surface area contributed by atoms with Gasteiger partial charge in [0.15, 0.2) is 0 Å². The molecule has 0 aliphatic heterocycles. The summed E-state index contributed by atoms with van der Waals surface area (Å²) in [6.45, 7) is 1.42. The lowest BCUT2D eigenvalue weighted by molar-refractivity contribution is -0.141. The minimum atomic E-state index is -0.355. The first-order valence-electron chi connectivity index (χ1n) is 5.12. The summed E-state index contributed by atoms with van der Waals surface area (Å²) in [6, 6.07) is 7.08. The van der Waals surface area contributed by atoms with Crippen molar-refractivity contribution in [2.45, 2.75) is 19.4 Å². The van der Waals surface area contributed by atoms with Gasteiger partial charge in [0.05, 0.1) is 19.6 Å². The Balaban J connectivity index is 2.85. The fourth-order valence-electron chi connectivity index (χ4n) is 1.44. The summed E-state index contributed by atoms with van der Waals surface area (Å²) < 4.78 is 5.55. The van der Waals surface area contributed by atoms with Crippen LogP contribution in [0, 0.1) is 0 Å². The van der Waals surface area contributed by atoms with Crippen LogP contribution in [0.4, 0.5) is 0 Å². The molecule has 1 aromatic rings. The van der Waals surface area contributed by atoms with Crippen molar-refractivity contribution < 1.29 is 14.3 Å². The van der Waals surface area contributed by atoms with E-state index in [2.05, 4.69) is 26.0 Å². The smallest absolute Gasteiger partial charge is 0.307 e. The number of nitrogens with one attached hydrogen (secondary N) is 1. The zero-order valence-corrected chi connectivity index (χ0v) is 11.3. The first kappa shape index (κ1) is 13.7. The van der Waals surface area contributed by atoms with Crippen LogP contribution in [0.3, 0.4) is 0 Å². The number of methoxy groups -OCH3 is 1. The average Bonchev–Trinajstić information content (AvgIpc) is 2.28. The maximum Gasteiger partial charge on any atom is 0.307 e. The molecule has 1 amide bonds. The maximum absolute atomic E-state index is 11.3. The van der Waals surface area contributed by atoms with Crippen molar-refractivity contribution in [1.29, 1.82) is 0 Å². The third-order valence-corrected chi connectivity index (χ3v) is 2.78. The Morgan fingerprint density at radius 3 is 2.41 bits per heavy atom. The molecule has 0 fully saturated rings. The highest BCUT2D eigenvalue weighted by atomic mass is 79.9. The monoisotopic (exact) mass is 299 g/mol. The summed E-state index contributed by atoms with van der Waals surface area (Å²) >= 11 is 3.33. The highest BCUT2D eigenvalue weighted by molar-refractivity contribution is 9.10. The summed E-state index contributed by atoms with van der Waals surface area (Å²) in [5, 5.41) is 2.73. The number of benzene rings is 1. The van der Waals surface area contributed by atoms with Gasteiger partial charge in [0.25, 0.3) is 0 Å². The number of carbonyl (C=O) groups is 2. The van der Waals surface area contributed by atoms with Crippen LogP contribution in [0.5, 0.6) is 0 Å². The Morgan fingerprint density at radius 1 is 1.35 bits per heavy atom. The van der Waals surface area contributed by atoms with Gasteiger partial charge < -0.3 is 10.1 Å². The first-order valence-corrected chi connectivity index (χ1v) is 5.91. The van der Waals surface area contributed by atoms with E-state index < -0.39 is 0 Å². The SMILES string of the molecule is COC(=O)CC(NC(C)=O)c1ccc(Br)cc1. The standard InChI is InChI=1S/C12H14BrNO3/c1-8(15)14-11(7-12(16)17-2)9-3-5-10(13)6-4-9/h3-6,11H,7H2,1-2H3,(H,14,15). The Hall–Kier alpha value is -1.36. The van der Waals surface area contributed by atoms with E-state index in [1.807, 2.05) is 24.3 Å². The number of hydrogen-bond acceptors (Lipinski definition) is 3. The second-order valence-electron chi connectivity index (χ2n) is 3.58. The van der Waals surface area contributed by atoms with E-state index in [4.69, 9.17) is 0 Å². The summed E-state index contributed by atoms with van der Waals surface area (Å²) in [4.78, 5) is 22.4. The topological polar surface area (TPSA) is 55.4 Å². The van der Waals surface area contributed by atoms with Crippen LogP contribution in [0.2, 0.25) is 0 Å². The van der Waals surface area contributed by atoms with Gasteiger partial charge in [0.2, 0.25) is 5.91 Å². The number of esters is 1. The predicted octanol–water partition coefficient (Wildman–Crippen LogP) is 2.19. The number of amides is 1. The largest absolute Gasteiger partial charge is 0.469 e. The van der Waals surface area contributed by atoms with Crippen molar-refractivity contribution in [2.24, 2.45) is 0 Å². The second-order valence-corrected chi connectivity index (χ2v) is 4.50. The third-order valence-electron chi connectivity index (χ3n) is 2.25. The quantitative estimate of drug-likeness (QED) is 0.867. The van der Waals surface area contributed by atoms with Gasteiger partial charge in [-0.15, -0.1) is 0 Å². The van der Waals surface area contributed by atoms with E-state index in [0.29, 0.717) is 0 Å². The molecule has 0 aliphatic rings. The second kappa shape index (κ2) is 6.39. The lowest BCUT2D eigenvalue weighted by Gasteiger charge is -2.17. The summed E-state index contributed by atoms with van der Waals surface area (Å²) in [7, 11) is 1.33. The number of carbonyl (C=O) groups excluding carboxylic acids is 2. The molecule has 1 N–H and O–H groups in total. The lowest BCUT2D eigenvalue weighted by atomic mass is 10.0. The van der Waals surface area contributed by atoms with E-state index in [-0.39, 0.29) is 24.3 Å². The lowest BCUT2D eigenvalue weighted by Crippen LogP contribution is -2.28. The van der Waals surface area contributed by atoms with E-state index >= 15 is 0 Å². The van der Waals surface area contributed by atoms with E-state index in [1.54, 1.807) is 0 Å². The van der Waals surface area contributed by atoms with Crippen molar-refractivity contribution >= 4 is 27.8 Å². The van der Waals surface area contributed by atoms with Crippen LogP contribution in [-0.2, 0) is 14.3 Å². The number of hydrogen-bond donors (Lipinski definition) is 1. The summed E-state index contributed by atoms with van der Waals surface area (Å²) in [5.74, 6) is -0.534. The van der Waals surface area contributed by atoms with Gasteiger partial charge >= 0.3 is 5.97 Å². The molecule has 0 radical (unpaired) electrons. The molecule has 0 aromatic heterocycles. The van der Waals surface area contributed by atoms with Crippen molar-refractivity contribution in [3.63, 3.8) is 0 Å². The highest BCUT2D eigenvalue weighted by Crippen LogP contribution is 2.20. The molecule has 0 spiro atoms. The van der Waals surface area contributed by atoms with Gasteiger partial charge in [-0.05, 0) is 17.7 Å². The zero-order valence-electron chi connectivity index (χ0n) is 9.70. The van der Waals surface area contributed by atoms with Gasteiger partial charge in [0, 0.05) is 11.4 Å². The summed E-state index contributed by atoms with van der Waals surface area (Å²) in [5.41, 5.74) is 0.869. The molecular formula is C12H14BrNO3. The Bertz CT molecular complexity index is 403. The zero-order chi connectivity index (χ0) is 12.8. The van der Waals surface area contributed by atoms with Gasteiger partial charge in [-0.3, -0.25) is 9.59 Å². The van der Waals surface area contributed by atoms with Crippen molar-refractivity contribution in [2.75, 3.05) is 7.11 Å². The molecule has 1 rings (SSSR count). The Morgan fingerprint density at radius 2 is 1.94 bits per heavy atom. The van der Waals surface area contributed by atoms with Crippen LogP contribution < -0.4 is 5.32 Å². The molecule has 1 aromatic carbocycles. The van der Waals surface area contributed by atoms with Crippen LogP contribution in [0.1, 0.15) is 24.9 Å². The van der Waals surface area contributed by atoms with Crippen LogP contribution in [-0.4, -0.2) is 19.0 Å². The number of halogens is 1. The van der Waals surface area contributed by atoms with Crippen LogP contribution >= 0.6 is 15.9 Å². The molecule has 0 aliphatic carbocycles. The molecule has 0 saturated heterocycles. The van der Waals surface area contributed by atoms with Crippen molar-refractivity contribution in [1.82, 2.24) is 5.32 Å². The minimum Gasteiger partial charge on any atom is -0.469 e. The van der Waals surface area contributed by atoms with Gasteiger partial charge in [-0.1, -0.05) is 28.1 Å². The summed E-state index contributed by atoms with van der Waals surface area (Å²) in [6.07, 6.45) is 0.123. The Kier molecular flexibility index (Phi) is 5.15. The van der Waals surface area contributed by atoms with Crippen LogP contribution in [0.15, 0.2) is 28.7 Å². The molecule has 0 heterocycles. The first-order chi connectivity index (χ1) is 8.02. The molecule has 17 heavy (non-hydrogen) atoms. The molecule has 0 bridgehead atoms. The molecule has 5 heteroatoms. The minimum absolute atomic E-state index is 0.123. The fourth-order valence-corrected chi connectivity index (χ4v) is 1.71. The molecule has 0 saturated carbocycles. The highest BCUT2D eigenvalue weighted by Gasteiger charge is 2.17.